The number of amides is 1. The van der Waals surface area contributed by atoms with Gasteiger partial charge < -0.3 is 5.32 Å². The Labute approximate surface area is 154 Å². The van der Waals surface area contributed by atoms with Crippen molar-refractivity contribution in [3.05, 3.63) is 36.5 Å². The molecule has 1 aromatic heterocycles. The first-order chi connectivity index (χ1) is 12.4. The average Bonchev–Trinajstić information content (AvgIpc) is 2.65. The number of rotatable bonds is 5. The Hall–Kier alpha value is -1.99. The number of aromatic nitrogens is 1. The zero-order valence-corrected chi connectivity index (χ0v) is 16.0. The van der Waals surface area contributed by atoms with Gasteiger partial charge in [0, 0.05) is 31.2 Å². The minimum atomic E-state index is -3.70. The van der Waals surface area contributed by atoms with Gasteiger partial charge in [0.2, 0.25) is 15.9 Å². The quantitative estimate of drug-likeness (QED) is 0.870. The lowest BCUT2D eigenvalue weighted by atomic mass is 9.98. The summed E-state index contributed by atoms with van der Waals surface area (Å²) in [5.74, 6) is -0.000936. The van der Waals surface area contributed by atoms with Gasteiger partial charge in [-0.25, -0.2) is 8.42 Å². The van der Waals surface area contributed by atoms with E-state index in [1.54, 1.807) is 24.4 Å². The standard InChI is InChI=1S/C19H25N3O3S/c1-14(2)12-21-19(23)16-8-5-11-22(13-16)26(24,25)17-9-3-6-15-7-4-10-20-18(15)17/h3-4,6-7,9-10,14,16H,5,8,11-13H2,1-2H3,(H,21,23). The Morgan fingerprint density at radius 2 is 2.08 bits per heavy atom. The van der Waals surface area contributed by atoms with E-state index in [1.165, 1.54) is 4.31 Å². The lowest BCUT2D eigenvalue weighted by Gasteiger charge is -2.31. The van der Waals surface area contributed by atoms with Gasteiger partial charge in [0.1, 0.15) is 4.90 Å². The summed E-state index contributed by atoms with van der Waals surface area (Å²) < 4.78 is 27.8. The molecular weight excluding hydrogens is 350 g/mol. The van der Waals surface area contributed by atoms with E-state index >= 15 is 0 Å². The van der Waals surface area contributed by atoms with E-state index in [9.17, 15) is 13.2 Å². The van der Waals surface area contributed by atoms with Gasteiger partial charge in [0.05, 0.1) is 11.4 Å². The summed E-state index contributed by atoms with van der Waals surface area (Å²) in [6, 6.07) is 8.80. The summed E-state index contributed by atoms with van der Waals surface area (Å²) in [7, 11) is -3.70. The van der Waals surface area contributed by atoms with Crippen LogP contribution in [0.15, 0.2) is 41.4 Å². The van der Waals surface area contributed by atoms with Crippen molar-refractivity contribution in [2.75, 3.05) is 19.6 Å². The topological polar surface area (TPSA) is 79.4 Å². The van der Waals surface area contributed by atoms with E-state index < -0.39 is 10.0 Å². The monoisotopic (exact) mass is 375 g/mol. The summed E-state index contributed by atoms with van der Waals surface area (Å²) in [6.45, 7) is 5.32. The molecule has 1 saturated heterocycles. The maximum atomic E-state index is 13.2. The van der Waals surface area contributed by atoms with Crippen molar-refractivity contribution >= 4 is 26.8 Å². The highest BCUT2D eigenvalue weighted by molar-refractivity contribution is 7.89. The fourth-order valence-corrected chi connectivity index (χ4v) is 4.94. The van der Waals surface area contributed by atoms with Crippen LogP contribution in [0.2, 0.25) is 0 Å². The van der Waals surface area contributed by atoms with E-state index in [4.69, 9.17) is 0 Å². The first-order valence-electron chi connectivity index (χ1n) is 9.01. The number of hydrogen-bond donors (Lipinski definition) is 1. The Morgan fingerprint density at radius 1 is 1.31 bits per heavy atom. The molecule has 1 aliphatic rings. The van der Waals surface area contributed by atoms with Gasteiger partial charge in [-0.15, -0.1) is 0 Å². The van der Waals surface area contributed by atoms with Crippen LogP contribution in [0.1, 0.15) is 26.7 Å². The third-order valence-corrected chi connectivity index (χ3v) is 6.55. The molecule has 7 heteroatoms. The van der Waals surface area contributed by atoms with Gasteiger partial charge in [0.15, 0.2) is 0 Å². The SMILES string of the molecule is CC(C)CNC(=O)C1CCCN(S(=O)(=O)c2cccc3cccnc23)C1. The number of benzene rings is 1. The van der Waals surface area contributed by atoms with Crippen LogP contribution in [0, 0.1) is 11.8 Å². The molecule has 1 aromatic carbocycles. The largest absolute Gasteiger partial charge is 0.356 e. The van der Waals surface area contributed by atoms with Crippen molar-refractivity contribution in [1.82, 2.24) is 14.6 Å². The molecule has 26 heavy (non-hydrogen) atoms. The highest BCUT2D eigenvalue weighted by Gasteiger charge is 2.34. The lowest BCUT2D eigenvalue weighted by Crippen LogP contribution is -2.45. The maximum absolute atomic E-state index is 13.2. The maximum Gasteiger partial charge on any atom is 0.245 e. The molecule has 1 N–H and O–H groups in total. The first kappa shape index (κ1) is 18.8. The minimum absolute atomic E-state index is 0.0605. The van der Waals surface area contributed by atoms with Gasteiger partial charge >= 0.3 is 0 Å². The second-order valence-electron chi connectivity index (χ2n) is 7.17. The third-order valence-electron chi connectivity index (χ3n) is 4.65. The van der Waals surface area contributed by atoms with Crippen LogP contribution in [0.25, 0.3) is 10.9 Å². The summed E-state index contributed by atoms with van der Waals surface area (Å²) in [5.41, 5.74) is 0.474. The summed E-state index contributed by atoms with van der Waals surface area (Å²) in [4.78, 5) is 16.8. The van der Waals surface area contributed by atoms with E-state index in [0.717, 1.165) is 5.39 Å². The number of carbonyl (C=O) groups excluding carboxylic acids is 1. The van der Waals surface area contributed by atoms with Gasteiger partial charge in [-0.2, -0.15) is 4.31 Å². The zero-order valence-electron chi connectivity index (χ0n) is 15.2. The lowest BCUT2D eigenvalue weighted by molar-refractivity contribution is -0.126. The molecule has 1 fully saturated rings. The van der Waals surface area contributed by atoms with Gasteiger partial charge in [-0.1, -0.05) is 32.0 Å². The molecule has 2 aromatic rings. The van der Waals surface area contributed by atoms with Crippen molar-refractivity contribution < 1.29 is 13.2 Å². The number of sulfonamides is 1. The second kappa shape index (κ2) is 7.72. The summed E-state index contributed by atoms with van der Waals surface area (Å²) >= 11 is 0. The van der Waals surface area contributed by atoms with Crippen LogP contribution < -0.4 is 5.32 Å². The highest BCUT2D eigenvalue weighted by atomic mass is 32.2. The molecule has 0 radical (unpaired) electrons. The van der Waals surface area contributed by atoms with Crippen molar-refractivity contribution in [3.8, 4) is 0 Å². The number of fused-ring (bicyclic) bond motifs is 1. The fraction of sp³-hybridized carbons (Fsp3) is 0.474. The van der Waals surface area contributed by atoms with Gasteiger partial charge in [0.25, 0.3) is 0 Å². The normalized spacial score (nSPS) is 19.0. The number of carbonyl (C=O) groups is 1. The molecule has 0 spiro atoms. The molecule has 6 nitrogen and oxygen atoms in total. The van der Waals surface area contributed by atoms with E-state index in [0.29, 0.717) is 37.4 Å². The first-order valence-corrected chi connectivity index (χ1v) is 10.4. The van der Waals surface area contributed by atoms with Crippen LogP contribution in [0.3, 0.4) is 0 Å². The number of nitrogens with zero attached hydrogens (tertiary/aromatic N) is 2. The van der Waals surface area contributed by atoms with E-state index in [-0.39, 0.29) is 23.3 Å². The van der Waals surface area contributed by atoms with Crippen molar-refractivity contribution in [2.45, 2.75) is 31.6 Å². The Kier molecular flexibility index (Phi) is 5.58. The Morgan fingerprint density at radius 3 is 2.85 bits per heavy atom. The van der Waals surface area contributed by atoms with Gasteiger partial charge in [-0.05, 0) is 30.9 Å². The number of para-hydroxylation sites is 1. The fourth-order valence-electron chi connectivity index (χ4n) is 3.25. The Balaban J connectivity index is 1.84. The number of pyridine rings is 1. The predicted molar refractivity (Wildman–Crippen MR) is 101 cm³/mol. The number of nitrogens with one attached hydrogen (secondary N) is 1. The van der Waals surface area contributed by atoms with Crippen LogP contribution >= 0.6 is 0 Å². The minimum Gasteiger partial charge on any atom is -0.356 e. The molecule has 0 saturated carbocycles. The average molecular weight is 375 g/mol. The molecule has 3 rings (SSSR count). The molecule has 1 aliphatic heterocycles. The Bertz CT molecular complexity index is 891. The summed E-state index contributed by atoms with van der Waals surface area (Å²) in [5, 5.41) is 3.71. The smallest absolute Gasteiger partial charge is 0.245 e. The molecule has 2 heterocycles. The molecule has 140 valence electrons. The van der Waals surface area contributed by atoms with Crippen LogP contribution in [0.4, 0.5) is 0 Å². The van der Waals surface area contributed by atoms with Gasteiger partial charge in [-0.3, -0.25) is 9.78 Å². The van der Waals surface area contributed by atoms with E-state index in [2.05, 4.69) is 10.3 Å². The van der Waals surface area contributed by atoms with Crippen molar-refractivity contribution in [2.24, 2.45) is 11.8 Å². The molecule has 0 bridgehead atoms. The molecule has 1 atom stereocenters. The predicted octanol–water partition coefficient (Wildman–Crippen LogP) is 2.41. The zero-order chi connectivity index (χ0) is 18.7. The van der Waals surface area contributed by atoms with E-state index in [1.807, 2.05) is 26.0 Å². The summed E-state index contributed by atoms with van der Waals surface area (Å²) in [6.07, 6.45) is 2.99. The second-order valence-corrected chi connectivity index (χ2v) is 9.08. The number of piperidine rings is 1. The van der Waals surface area contributed by atoms with Crippen LogP contribution in [-0.2, 0) is 14.8 Å². The van der Waals surface area contributed by atoms with Crippen molar-refractivity contribution in [1.29, 1.82) is 0 Å². The van der Waals surface area contributed by atoms with Crippen molar-refractivity contribution in [3.63, 3.8) is 0 Å². The third kappa shape index (κ3) is 3.88. The number of hydrogen-bond acceptors (Lipinski definition) is 4. The molecular formula is C19H25N3O3S. The molecule has 1 unspecified atom stereocenters. The van der Waals surface area contributed by atoms with Crippen LogP contribution in [0.5, 0.6) is 0 Å². The molecule has 1 amide bonds. The van der Waals surface area contributed by atoms with Crippen LogP contribution in [-0.4, -0.2) is 43.2 Å². The molecule has 0 aliphatic carbocycles. The highest BCUT2D eigenvalue weighted by Crippen LogP contribution is 2.27.